The fourth-order valence-electron chi connectivity index (χ4n) is 10.0. The molecule has 12 rings (SSSR count). The van der Waals surface area contributed by atoms with Crippen molar-refractivity contribution in [3.63, 3.8) is 0 Å². The fourth-order valence-corrected chi connectivity index (χ4v) is 10.0. The van der Waals surface area contributed by atoms with Crippen LogP contribution in [0.4, 0.5) is 0 Å². The number of benzene rings is 10. The molecular formula is C54H34O. The highest BCUT2D eigenvalue weighted by Gasteiger charge is 2.42. The minimum absolute atomic E-state index is 0.434. The van der Waals surface area contributed by atoms with Crippen molar-refractivity contribution in [2.45, 2.75) is 12.3 Å². The molecule has 10 aromatic carbocycles. The molecule has 0 aliphatic heterocycles. The molecule has 256 valence electrons. The number of fused-ring (bicyclic) bond motifs is 12. The van der Waals surface area contributed by atoms with Crippen molar-refractivity contribution in [1.82, 2.24) is 0 Å². The first-order valence-corrected chi connectivity index (χ1v) is 19.2. The summed E-state index contributed by atoms with van der Waals surface area (Å²) < 4.78 is 6.34. The lowest BCUT2D eigenvalue weighted by Crippen LogP contribution is -2.23. The van der Waals surface area contributed by atoms with E-state index in [2.05, 4.69) is 189 Å². The van der Waals surface area contributed by atoms with Gasteiger partial charge in [0.1, 0.15) is 11.2 Å². The van der Waals surface area contributed by atoms with Gasteiger partial charge in [-0.15, -0.1) is 0 Å². The number of para-hydroxylation sites is 1. The van der Waals surface area contributed by atoms with E-state index in [1.807, 2.05) is 6.07 Å². The maximum atomic E-state index is 6.34. The predicted molar refractivity (Wildman–Crippen MR) is 232 cm³/mol. The highest BCUT2D eigenvalue weighted by Crippen LogP contribution is 2.57. The van der Waals surface area contributed by atoms with Crippen LogP contribution in [-0.2, 0) is 5.41 Å². The van der Waals surface area contributed by atoms with Gasteiger partial charge in [0, 0.05) is 16.2 Å². The summed E-state index contributed by atoms with van der Waals surface area (Å²) in [6, 6.07) is 69.5. The second-order valence-electron chi connectivity index (χ2n) is 15.3. The molecule has 0 N–H and O–H groups in total. The van der Waals surface area contributed by atoms with Crippen LogP contribution in [0.1, 0.15) is 23.6 Å². The van der Waals surface area contributed by atoms with Crippen LogP contribution in [0.15, 0.2) is 192 Å². The molecule has 1 aliphatic rings. The topological polar surface area (TPSA) is 13.1 Å². The molecule has 0 radical (unpaired) electrons. The summed E-state index contributed by atoms with van der Waals surface area (Å²) >= 11 is 0. The molecule has 0 spiro atoms. The van der Waals surface area contributed by atoms with Crippen molar-refractivity contribution in [3.8, 4) is 33.4 Å². The first kappa shape index (κ1) is 30.5. The van der Waals surface area contributed by atoms with Crippen molar-refractivity contribution < 1.29 is 4.42 Å². The van der Waals surface area contributed by atoms with E-state index in [-0.39, 0.29) is 0 Å². The van der Waals surface area contributed by atoms with E-state index >= 15 is 0 Å². The molecule has 1 heterocycles. The zero-order valence-electron chi connectivity index (χ0n) is 30.3. The van der Waals surface area contributed by atoms with E-state index in [9.17, 15) is 0 Å². The zero-order valence-corrected chi connectivity index (χ0v) is 30.3. The average molecular weight is 699 g/mol. The Hall–Kier alpha value is -6.96. The van der Waals surface area contributed by atoms with E-state index in [0.717, 1.165) is 21.9 Å². The van der Waals surface area contributed by atoms with Crippen LogP contribution in [0.3, 0.4) is 0 Å². The van der Waals surface area contributed by atoms with E-state index < -0.39 is 5.41 Å². The van der Waals surface area contributed by atoms with Gasteiger partial charge in [-0.2, -0.15) is 0 Å². The first-order valence-electron chi connectivity index (χ1n) is 19.2. The second-order valence-corrected chi connectivity index (χ2v) is 15.3. The summed E-state index contributed by atoms with van der Waals surface area (Å²) in [6.07, 6.45) is 0. The van der Waals surface area contributed by atoms with Crippen molar-refractivity contribution in [1.29, 1.82) is 0 Å². The monoisotopic (exact) mass is 698 g/mol. The van der Waals surface area contributed by atoms with Crippen LogP contribution >= 0.6 is 0 Å². The predicted octanol–water partition coefficient (Wildman–Crippen LogP) is 14.9. The molecular weight excluding hydrogens is 665 g/mol. The lowest BCUT2D eigenvalue weighted by molar-refractivity contribution is 0.667. The Kier molecular flexibility index (Phi) is 6.25. The third kappa shape index (κ3) is 4.18. The lowest BCUT2D eigenvalue weighted by Gasteiger charge is -2.30. The van der Waals surface area contributed by atoms with Gasteiger partial charge in [0.05, 0.1) is 0 Å². The normalized spacial score (nSPS) is 15.1. The van der Waals surface area contributed by atoms with Crippen LogP contribution in [0.5, 0.6) is 0 Å². The first-order chi connectivity index (χ1) is 27.2. The molecule has 1 nitrogen and oxygen atoms in total. The minimum Gasteiger partial charge on any atom is -0.456 e. The Morgan fingerprint density at radius 1 is 0.382 bits per heavy atom. The van der Waals surface area contributed by atoms with Crippen molar-refractivity contribution in [3.05, 3.63) is 205 Å². The molecule has 0 saturated heterocycles. The third-order valence-corrected chi connectivity index (χ3v) is 12.5. The van der Waals surface area contributed by atoms with Crippen LogP contribution in [0.25, 0.3) is 98.4 Å². The third-order valence-electron chi connectivity index (χ3n) is 12.5. The van der Waals surface area contributed by atoms with Crippen molar-refractivity contribution in [2.75, 3.05) is 0 Å². The SMILES string of the molecule is CC1(c2ccc3oc4ccccc4c3c2)c2cc(-c3c4ccccc4c(-c4ccccc4)c4c3ccc3ccccc34)ccc2-c2ccc3ccccc3c21. The standard InChI is InChI=1S/C54H34O/c1-54(37-26-30-49-46(32-37)41-19-11-12-22-48(41)55-49)47-31-36(25-27-40(47)44-28-23-34-14-6-8-18-39(34)53(44)54)50-42-20-9-10-21-43(42)51(35-15-3-2-4-16-35)52-38-17-7-5-13-33(38)24-29-45(50)52/h2-32H,1H3. The van der Waals surface area contributed by atoms with E-state index in [1.54, 1.807) is 0 Å². The molecule has 0 saturated carbocycles. The molecule has 1 atom stereocenters. The summed E-state index contributed by atoms with van der Waals surface area (Å²) in [7, 11) is 0. The Balaban J connectivity index is 1.19. The molecule has 1 aliphatic carbocycles. The van der Waals surface area contributed by atoms with Gasteiger partial charge in [0.25, 0.3) is 0 Å². The smallest absolute Gasteiger partial charge is 0.135 e. The highest BCUT2D eigenvalue weighted by atomic mass is 16.3. The Morgan fingerprint density at radius 3 is 1.82 bits per heavy atom. The number of hydrogen-bond donors (Lipinski definition) is 0. The minimum atomic E-state index is -0.434. The number of rotatable bonds is 3. The van der Waals surface area contributed by atoms with E-state index in [1.165, 1.54) is 93.2 Å². The van der Waals surface area contributed by atoms with E-state index in [0.29, 0.717) is 0 Å². The number of hydrogen-bond acceptors (Lipinski definition) is 1. The van der Waals surface area contributed by atoms with Crippen LogP contribution in [0, 0.1) is 0 Å². The van der Waals surface area contributed by atoms with Crippen LogP contribution < -0.4 is 0 Å². The van der Waals surface area contributed by atoms with Gasteiger partial charge in [-0.1, -0.05) is 164 Å². The van der Waals surface area contributed by atoms with Gasteiger partial charge < -0.3 is 4.42 Å². The van der Waals surface area contributed by atoms with Gasteiger partial charge >= 0.3 is 0 Å². The maximum absolute atomic E-state index is 6.34. The molecule has 1 aromatic heterocycles. The summed E-state index contributed by atoms with van der Waals surface area (Å²) in [4.78, 5) is 0. The Morgan fingerprint density at radius 2 is 1.00 bits per heavy atom. The summed E-state index contributed by atoms with van der Waals surface area (Å²) in [5.41, 5.74) is 13.0. The second kappa shape index (κ2) is 11.3. The lowest BCUT2D eigenvalue weighted by atomic mass is 9.72. The van der Waals surface area contributed by atoms with Crippen molar-refractivity contribution >= 4 is 65.0 Å². The summed E-state index contributed by atoms with van der Waals surface area (Å²) in [5, 5.41) is 12.5. The van der Waals surface area contributed by atoms with Crippen molar-refractivity contribution in [2.24, 2.45) is 0 Å². The quantitative estimate of drug-likeness (QED) is 0.132. The fraction of sp³-hybridized carbons (Fsp3) is 0.0370. The summed E-state index contributed by atoms with van der Waals surface area (Å²) in [6.45, 7) is 2.44. The molecule has 11 aromatic rings. The van der Waals surface area contributed by atoms with Crippen LogP contribution in [-0.4, -0.2) is 0 Å². The van der Waals surface area contributed by atoms with Gasteiger partial charge in [-0.25, -0.2) is 0 Å². The van der Waals surface area contributed by atoms with Gasteiger partial charge in [0.2, 0.25) is 0 Å². The Labute approximate surface area is 318 Å². The molecule has 0 amide bonds. The maximum Gasteiger partial charge on any atom is 0.135 e. The highest BCUT2D eigenvalue weighted by molar-refractivity contribution is 6.28. The zero-order chi connectivity index (χ0) is 36.3. The van der Waals surface area contributed by atoms with Gasteiger partial charge in [-0.05, 0) is 124 Å². The number of furan rings is 1. The van der Waals surface area contributed by atoms with E-state index in [4.69, 9.17) is 4.42 Å². The van der Waals surface area contributed by atoms with Crippen LogP contribution in [0.2, 0.25) is 0 Å². The molecule has 1 heteroatoms. The average Bonchev–Trinajstić information content (AvgIpc) is 3.75. The molecule has 0 fully saturated rings. The van der Waals surface area contributed by atoms with Gasteiger partial charge in [-0.3, -0.25) is 0 Å². The molecule has 55 heavy (non-hydrogen) atoms. The summed E-state index contributed by atoms with van der Waals surface area (Å²) in [5.74, 6) is 0. The molecule has 1 unspecified atom stereocenters. The van der Waals surface area contributed by atoms with Gasteiger partial charge in [0.15, 0.2) is 0 Å². The largest absolute Gasteiger partial charge is 0.456 e. The molecule has 0 bridgehead atoms. The Bertz CT molecular complexity index is 3380.